The van der Waals surface area contributed by atoms with Gasteiger partial charge >= 0.3 is 17.9 Å². The van der Waals surface area contributed by atoms with Crippen molar-refractivity contribution >= 4 is 17.9 Å². The Kier molecular flexibility index (Phi) is 59.2. The second-order valence-corrected chi connectivity index (χ2v) is 21.7. The molecule has 0 aromatic carbocycles. The van der Waals surface area contributed by atoms with E-state index in [9.17, 15) is 14.4 Å². The van der Waals surface area contributed by atoms with Crippen molar-refractivity contribution in [3.05, 3.63) is 36.5 Å². The highest BCUT2D eigenvalue weighted by molar-refractivity contribution is 5.71. The first-order valence-electron chi connectivity index (χ1n) is 32.0. The van der Waals surface area contributed by atoms with Crippen molar-refractivity contribution < 1.29 is 28.6 Å². The normalized spacial score (nSPS) is 12.2. The van der Waals surface area contributed by atoms with E-state index in [1.165, 1.54) is 244 Å². The van der Waals surface area contributed by atoms with Crippen LogP contribution in [0.3, 0.4) is 0 Å². The Morgan fingerprint density at radius 1 is 0.278 bits per heavy atom. The molecule has 0 saturated carbocycles. The van der Waals surface area contributed by atoms with Crippen molar-refractivity contribution in [2.75, 3.05) is 13.2 Å². The number of rotatable bonds is 59. The Morgan fingerprint density at radius 2 is 0.500 bits per heavy atom. The SMILES string of the molecule is CCCCC/C=C\C/C=C\CCCCCCCCCCCC(=O)OC[C@@H](COC(=O)CCCCCCCCCCCCCCCCCC)OC(=O)CCCCCCCCC/C=C\CCCCCCCCCC. The van der Waals surface area contributed by atoms with Crippen LogP contribution in [-0.2, 0) is 28.6 Å². The lowest BCUT2D eigenvalue weighted by atomic mass is 10.0. The molecular weight excluding hydrogens is 889 g/mol. The zero-order chi connectivity index (χ0) is 52.2. The summed E-state index contributed by atoms with van der Waals surface area (Å²) in [5, 5.41) is 0. The largest absolute Gasteiger partial charge is 0.462 e. The summed E-state index contributed by atoms with van der Waals surface area (Å²) in [4.78, 5) is 38.3. The molecule has 6 nitrogen and oxygen atoms in total. The van der Waals surface area contributed by atoms with Gasteiger partial charge in [-0.2, -0.15) is 0 Å². The summed E-state index contributed by atoms with van der Waals surface area (Å²) in [7, 11) is 0. The molecule has 0 aromatic rings. The lowest BCUT2D eigenvalue weighted by molar-refractivity contribution is -0.167. The van der Waals surface area contributed by atoms with Crippen LogP contribution in [0.2, 0.25) is 0 Å². The van der Waals surface area contributed by atoms with Crippen molar-refractivity contribution in [2.24, 2.45) is 0 Å². The molecule has 0 unspecified atom stereocenters. The van der Waals surface area contributed by atoms with Gasteiger partial charge in [0, 0.05) is 19.3 Å². The van der Waals surface area contributed by atoms with Gasteiger partial charge in [0.15, 0.2) is 6.10 Å². The van der Waals surface area contributed by atoms with Gasteiger partial charge in [0.1, 0.15) is 13.2 Å². The third-order valence-corrected chi connectivity index (χ3v) is 14.4. The maximum atomic E-state index is 12.9. The van der Waals surface area contributed by atoms with Gasteiger partial charge in [0.05, 0.1) is 0 Å². The Balaban J connectivity index is 4.34. The minimum atomic E-state index is -0.774. The van der Waals surface area contributed by atoms with E-state index in [0.717, 1.165) is 64.2 Å². The molecule has 0 spiro atoms. The number of esters is 3. The maximum absolute atomic E-state index is 12.9. The Morgan fingerprint density at radius 3 is 0.806 bits per heavy atom. The highest BCUT2D eigenvalue weighted by Crippen LogP contribution is 2.17. The molecule has 1 atom stereocenters. The Bertz CT molecular complexity index is 1210. The summed E-state index contributed by atoms with van der Waals surface area (Å²) >= 11 is 0. The molecule has 0 heterocycles. The molecule has 422 valence electrons. The zero-order valence-electron chi connectivity index (χ0n) is 48.5. The fraction of sp³-hybridized carbons (Fsp3) is 0.864. The summed E-state index contributed by atoms with van der Waals surface area (Å²) in [6, 6.07) is 0. The van der Waals surface area contributed by atoms with Crippen molar-refractivity contribution in [3.8, 4) is 0 Å². The second-order valence-electron chi connectivity index (χ2n) is 21.7. The quantitative estimate of drug-likeness (QED) is 0.0261. The van der Waals surface area contributed by atoms with Crippen LogP contribution in [-0.4, -0.2) is 37.2 Å². The zero-order valence-corrected chi connectivity index (χ0v) is 48.5. The first-order chi connectivity index (χ1) is 35.5. The number of carbonyl (C=O) groups is 3. The summed E-state index contributed by atoms with van der Waals surface area (Å²) in [5.74, 6) is -0.856. The van der Waals surface area contributed by atoms with Gasteiger partial charge < -0.3 is 14.2 Å². The Labute approximate surface area is 448 Å². The van der Waals surface area contributed by atoms with Crippen LogP contribution in [0.4, 0.5) is 0 Å². The van der Waals surface area contributed by atoms with Crippen molar-refractivity contribution in [2.45, 2.75) is 354 Å². The van der Waals surface area contributed by atoms with Crippen molar-refractivity contribution in [3.63, 3.8) is 0 Å². The van der Waals surface area contributed by atoms with Crippen molar-refractivity contribution in [1.82, 2.24) is 0 Å². The van der Waals surface area contributed by atoms with Gasteiger partial charge in [-0.15, -0.1) is 0 Å². The lowest BCUT2D eigenvalue weighted by Crippen LogP contribution is -2.30. The fourth-order valence-electron chi connectivity index (χ4n) is 9.53. The van der Waals surface area contributed by atoms with Gasteiger partial charge in [0.25, 0.3) is 0 Å². The predicted octanol–water partition coefficient (Wildman–Crippen LogP) is 21.6. The highest BCUT2D eigenvalue weighted by Gasteiger charge is 2.19. The number of ether oxygens (including phenoxy) is 3. The summed E-state index contributed by atoms with van der Waals surface area (Å²) in [6.07, 6.45) is 74.3. The minimum absolute atomic E-state index is 0.0708. The van der Waals surface area contributed by atoms with Crippen LogP contribution in [0.5, 0.6) is 0 Å². The average Bonchev–Trinajstić information content (AvgIpc) is 3.38. The molecule has 0 aromatic heterocycles. The molecule has 0 amide bonds. The molecule has 0 aliphatic heterocycles. The molecule has 0 rings (SSSR count). The third kappa shape index (κ3) is 58.5. The molecule has 6 heteroatoms. The van der Waals surface area contributed by atoms with Crippen LogP contribution < -0.4 is 0 Å². The first kappa shape index (κ1) is 69.6. The third-order valence-electron chi connectivity index (χ3n) is 14.4. The minimum Gasteiger partial charge on any atom is -0.462 e. The predicted molar refractivity (Wildman–Crippen MR) is 312 cm³/mol. The van der Waals surface area contributed by atoms with Crippen LogP contribution in [0.15, 0.2) is 36.5 Å². The number of hydrogen-bond acceptors (Lipinski definition) is 6. The van der Waals surface area contributed by atoms with Gasteiger partial charge in [-0.1, -0.05) is 288 Å². The molecule has 0 saturated heterocycles. The van der Waals surface area contributed by atoms with Crippen LogP contribution in [0.25, 0.3) is 0 Å². The molecule has 0 radical (unpaired) electrons. The van der Waals surface area contributed by atoms with Gasteiger partial charge in [-0.05, 0) is 77.0 Å². The molecular formula is C66H122O6. The second kappa shape index (κ2) is 61.2. The fourth-order valence-corrected chi connectivity index (χ4v) is 9.53. The van der Waals surface area contributed by atoms with Crippen LogP contribution in [0, 0.1) is 0 Å². The van der Waals surface area contributed by atoms with Crippen molar-refractivity contribution in [1.29, 1.82) is 0 Å². The lowest BCUT2D eigenvalue weighted by Gasteiger charge is -2.18. The van der Waals surface area contributed by atoms with Gasteiger partial charge in [-0.25, -0.2) is 0 Å². The van der Waals surface area contributed by atoms with Gasteiger partial charge in [0.2, 0.25) is 0 Å². The monoisotopic (exact) mass is 1010 g/mol. The average molecular weight is 1010 g/mol. The number of hydrogen-bond donors (Lipinski definition) is 0. The highest BCUT2D eigenvalue weighted by atomic mass is 16.6. The topological polar surface area (TPSA) is 78.9 Å². The van der Waals surface area contributed by atoms with Crippen LogP contribution in [0.1, 0.15) is 348 Å². The maximum Gasteiger partial charge on any atom is 0.306 e. The van der Waals surface area contributed by atoms with E-state index in [1.54, 1.807) is 0 Å². The molecule has 0 N–H and O–H groups in total. The van der Waals surface area contributed by atoms with E-state index in [1.807, 2.05) is 0 Å². The van der Waals surface area contributed by atoms with E-state index >= 15 is 0 Å². The number of carbonyl (C=O) groups excluding carboxylic acids is 3. The van der Waals surface area contributed by atoms with E-state index in [2.05, 4.69) is 57.2 Å². The first-order valence-corrected chi connectivity index (χ1v) is 32.0. The number of allylic oxidation sites excluding steroid dienone is 6. The van der Waals surface area contributed by atoms with E-state index in [0.29, 0.717) is 19.3 Å². The van der Waals surface area contributed by atoms with E-state index < -0.39 is 6.10 Å². The Hall–Kier alpha value is -2.37. The summed E-state index contributed by atoms with van der Waals surface area (Å²) in [5.41, 5.74) is 0. The van der Waals surface area contributed by atoms with Crippen LogP contribution >= 0.6 is 0 Å². The summed E-state index contributed by atoms with van der Waals surface area (Å²) in [6.45, 7) is 6.67. The van der Waals surface area contributed by atoms with E-state index in [-0.39, 0.29) is 31.1 Å². The molecule has 72 heavy (non-hydrogen) atoms. The molecule has 0 bridgehead atoms. The van der Waals surface area contributed by atoms with E-state index in [4.69, 9.17) is 14.2 Å². The molecule has 0 aliphatic rings. The standard InChI is InChI=1S/C66H122O6/c1-4-7-10-13-16-19-22-25-28-31-33-35-38-41-44-47-50-53-56-59-65(68)71-62-63(61-70-64(67)58-55-52-49-46-43-40-37-30-27-24-21-18-15-12-9-6-3)72-66(69)60-57-54-51-48-45-42-39-36-34-32-29-26-23-20-17-14-11-8-5-2/h16,19,25,28,32,34,63H,4-15,17-18,20-24,26-27,29-31,33,35-62H2,1-3H3/b19-16-,28-25-,34-32-/t63-/m1/s1. The molecule has 0 aliphatic carbocycles. The van der Waals surface area contributed by atoms with Gasteiger partial charge in [-0.3, -0.25) is 14.4 Å². The smallest absolute Gasteiger partial charge is 0.306 e. The molecule has 0 fully saturated rings. The summed E-state index contributed by atoms with van der Waals surface area (Å²) < 4.78 is 16.9. The number of unbranched alkanes of at least 4 members (excludes halogenated alkanes) is 42.